The molecule has 1 aromatic heterocycles. The van der Waals surface area contributed by atoms with Gasteiger partial charge in [-0.05, 0) is 67.9 Å². The zero-order valence-electron chi connectivity index (χ0n) is 16.8. The first-order valence-electron chi connectivity index (χ1n) is 9.10. The number of alkyl halides is 3. The molecule has 0 fully saturated rings. The molecule has 0 saturated heterocycles. The fourth-order valence-corrected chi connectivity index (χ4v) is 3.21. The maximum Gasteiger partial charge on any atom is 0.435 e. The summed E-state index contributed by atoms with van der Waals surface area (Å²) in [5.41, 5.74) is -0.456. The summed E-state index contributed by atoms with van der Waals surface area (Å²) in [6, 6.07) is 13.8. The lowest BCUT2D eigenvalue weighted by Crippen LogP contribution is -2.18. The molecular weight excluding hydrogens is 443 g/mol. The van der Waals surface area contributed by atoms with Crippen LogP contribution in [0.2, 0.25) is 0 Å². The Bertz CT molecular complexity index is 1190. The standard InChI is InChI=1S/C21H16F3N5O2S/c1-12-8-13(11-25)6-7-16(12)31-17-10-18(21(22,23)24)28-29-19(17)20(30)27-14-4-3-5-15(9-14)32-26-2/h3-10,26H,1-2H3,(H,27,30). The number of carbonyl (C=O) groups excluding carboxylic acids is 1. The number of aryl methyl sites for hydroxylation is 1. The van der Waals surface area contributed by atoms with E-state index in [0.717, 1.165) is 4.90 Å². The fourth-order valence-electron chi connectivity index (χ4n) is 2.65. The molecule has 0 aliphatic carbocycles. The highest BCUT2D eigenvalue weighted by molar-refractivity contribution is 7.97. The van der Waals surface area contributed by atoms with E-state index in [-0.39, 0.29) is 5.75 Å². The number of nitriles is 1. The number of benzene rings is 2. The predicted octanol–water partition coefficient (Wildman–Crippen LogP) is 4.95. The van der Waals surface area contributed by atoms with Crippen LogP contribution in [0.15, 0.2) is 53.4 Å². The quantitative estimate of drug-likeness (QED) is 0.503. The predicted molar refractivity (Wildman–Crippen MR) is 112 cm³/mol. The van der Waals surface area contributed by atoms with E-state index in [1.54, 1.807) is 32.2 Å². The van der Waals surface area contributed by atoms with Gasteiger partial charge in [-0.3, -0.25) is 9.52 Å². The van der Waals surface area contributed by atoms with Crippen molar-refractivity contribution in [1.82, 2.24) is 14.9 Å². The van der Waals surface area contributed by atoms with E-state index in [2.05, 4.69) is 20.2 Å². The van der Waals surface area contributed by atoms with E-state index in [0.29, 0.717) is 22.9 Å². The molecule has 7 nitrogen and oxygen atoms in total. The van der Waals surface area contributed by atoms with Crippen molar-refractivity contribution in [2.24, 2.45) is 0 Å². The lowest BCUT2D eigenvalue weighted by molar-refractivity contribution is -0.141. The van der Waals surface area contributed by atoms with E-state index in [9.17, 15) is 18.0 Å². The molecule has 0 aliphatic rings. The highest BCUT2D eigenvalue weighted by Crippen LogP contribution is 2.34. The van der Waals surface area contributed by atoms with Crippen LogP contribution < -0.4 is 14.8 Å². The van der Waals surface area contributed by atoms with Gasteiger partial charge in [-0.2, -0.15) is 18.4 Å². The van der Waals surface area contributed by atoms with Crippen molar-refractivity contribution in [1.29, 1.82) is 5.26 Å². The first-order chi connectivity index (χ1) is 15.2. The molecule has 3 rings (SSSR count). The number of aromatic nitrogens is 2. The van der Waals surface area contributed by atoms with Crippen molar-refractivity contribution in [3.05, 3.63) is 71.0 Å². The molecule has 0 spiro atoms. The van der Waals surface area contributed by atoms with Crippen molar-refractivity contribution in [3.8, 4) is 17.6 Å². The molecule has 1 heterocycles. The summed E-state index contributed by atoms with van der Waals surface area (Å²) in [5, 5.41) is 18.2. The molecule has 2 N–H and O–H groups in total. The summed E-state index contributed by atoms with van der Waals surface area (Å²) in [6.07, 6.45) is -4.78. The summed E-state index contributed by atoms with van der Waals surface area (Å²) in [4.78, 5) is 13.6. The molecule has 0 unspecified atom stereocenters. The molecule has 0 aliphatic heterocycles. The highest BCUT2D eigenvalue weighted by atomic mass is 32.2. The largest absolute Gasteiger partial charge is 0.454 e. The lowest BCUT2D eigenvalue weighted by atomic mass is 10.1. The van der Waals surface area contributed by atoms with Crippen LogP contribution in [-0.4, -0.2) is 23.2 Å². The Morgan fingerprint density at radius 1 is 1.12 bits per heavy atom. The molecule has 0 atom stereocenters. The summed E-state index contributed by atoms with van der Waals surface area (Å²) < 4.78 is 48.0. The maximum absolute atomic E-state index is 13.2. The molecule has 2 aromatic carbocycles. The lowest BCUT2D eigenvalue weighted by Gasteiger charge is -2.14. The summed E-state index contributed by atoms with van der Waals surface area (Å²) in [7, 11) is 1.74. The van der Waals surface area contributed by atoms with Crippen molar-refractivity contribution in [2.75, 3.05) is 12.4 Å². The fraction of sp³-hybridized carbons (Fsp3) is 0.143. The van der Waals surface area contributed by atoms with E-state index in [1.807, 2.05) is 12.1 Å². The zero-order chi connectivity index (χ0) is 23.3. The SMILES string of the molecule is CNSc1cccc(NC(=O)c2nnc(C(F)(F)F)cc2Oc2ccc(C#N)cc2C)c1. The molecule has 164 valence electrons. The van der Waals surface area contributed by atoms with Gasteiger partial charge in [0.2, 0.25) is 0 Å². The first kappa shape index (κ1) is 23.1. The third kappa shape index (κ3) is 5.54. The van der Waals surface area contributed by atoms with E-state index in [1.165, 1.54) is 30.1 Å². The number of anilines is 1. The summed E-state index contributed by atoms with van der Waals surface area (Å²) in [5.74, 6) is -1.04. The van der Waals surface area contributed by atoms with Crippen LogP contribution in [0.1, 0.15) is 27.3 Å². The van der Waals surface area contributed by atoms with Gasteiger partial charge >= 0.3 is 6.18 Å². The minimum absolute atomic E-state index is 0.173. The van der Waals surface area contributed by atoms with Crippen LogP contribution in [-0.2, 0) is 6.18 Å². The smallest absolute Gasteiger partial charge is 0.435 e. The number of rotatable bonds is 6. The van der Waals surface area contributed by atoms with Gasteiger partial charge in [0.05, 0.1) is 11.6 Å². The number of amides is 1. The summed E-state index contributed by atoms with van der Waals surface area (Å²) in [6.45, 7) is 1.63. The normalized spacial score (nSPS) is 11.0. The second-order valence-electron chi connectivity index (χ2n) is 6.42. The van der Waals surface area contributed by atoms with Crippen molar-refractivity contribution >= 4 is 23.5 Å². The Balaban J connectivity index is 1.97. The zero-order valence-corrected chi connectivity index (χ0v) is 17.6. The number of nitrogens with one attached hydrogen (secondary N) is 2. The topological polar surface area (TPSA) is 99.9 Å². The second-order valence-corrected chi connectivity index (χ2v) is 7.51. The first-order valence-corrected chi connectivity index (χ1v) is 9.91. The van der Waals surface area contributed by atoms with Gasteiger partial charge in [0.25, 0.3) is 5.91 Å². The molecule has 0 radical (unpaired) electrons. The Morgan fingerprint density at radius 2 is 1.91 bits per heavy atom. The number of hydrogen-bond donors (Lipinski definition) is 2. The molecule has 32 heavy (non-hydrogen) atoms. The van der Waals surface area contributed by atoms with Gasteiger partial charge in [0, 0.05) is 16.6 Å². The van der Waals surface area contributed by atoms with Gasteiger partial charge in [-0.25, -0.2) is 0 Å². The number of ether oxygens (including phenoxy) is 1. The summed E-state index contributed by atoms with van der Waals surface area (Å²) >= 11 is 1.32. The van der Waals surface area contributed by atoms with E-state index in [4.69, 9.17) is 10.00 Å². The van der Waals surface area contributed by atoms with Gasteiger partial charge in [-0.15, -0.1) is 10.2 Å². The van der Waals surface area contributed by atoms with Crippen molar-refractivity contribution < 1.29 is 22.7 Å². The molecular formula is C21H16F3N5O2S. The van der Waals surface area contributed by atoms with Gasteiger partial charge in [0.1, 0.15) is 5.75 Å². The number of carbonyl (C=O) groups is 1. The van der Waals surface area contributed by atoms with Crippen LogP contribution in [0.5, 0.6) is 11.5 Å². The highest BCUT2D eigenvalue weighted by Gasteiger charge is 2.35. The number of hydrogen-bond acceptors (Lipinski definition) is 7. The van der Waals surface area contributed by atoms with Crippen LogP contribution in [0.25, 0.3) is 0 Å². The Labute approximate surface area is 185 Å². The number of nitrogens with zero attached hydrogens (tertiary/aromatic N) is 3. The van der Waals surface area contributed by atoms with Crippen LogP contribution >= 0.6 is 11.9 Å². The van der Waals surface area contributed by atoms with Crippen LogP contribution in [0, 0.1) is 18.3 Å². The second kappa shape index (κ2) is 9.67. The molecule has 11 heteroatoms. The molecule has 0 bridgehead atoms. The number of halogens is 3. The third-order valence-corrected chi connectivity index (χ3v) is 4.79. The van der Waals surface area contributed by atoms with E-state index < -0.39 is 29.2 Å². The monoisotopic (exact) mass is 459 g/mol. The Hall–Kier alpha value is -3.62. The van der Waals surface area contributed by atoms with Crippen molar-refractivity contribution in [3.63, 3.8) is 0 Å². The molecule has 3 aromatic rings. The third-order valence-electron chi connectivity index (χ3n) is 4.10. The minimum Gasteiger partial charge on any atom is -0.454 e. The maximum atomic E-state index is 13.2. The van der Waals surface area contributed by atoms with E-state index >= 15 is 0 Å². The Morgan fingerprint density at radius 3 is 2.56 bits per heavy atom. The Kier molecular flexibility index (Phi) is 6.97. The van der Waals surface area contributed by atoms with Gasteiger partial charge < -0.3 is 10.1 Å². The van der Waals surface area contributed by atoms with Crippen molar-refractivity contribution in [2.45, 2.75) is 18.0 Å². The van der Waals surface area contributed by atoms with Gasteiger partial charge in [-0.1, -0.05) is 6.07 Å². The average molecular weight is 459 g/mol. The average Bonchev–Trinajstić information content (AvgIpc) is 2.75. The van der Waals surface area contributed by atoms with Crippen LogP contribution in [0.4, 0.5) is 18.9 Å². The van der Waals surface area contributed by atoms with Crippen LogP contribution in [0.3, 0.4) is 0 Å². The van der Waals surface area contributed by atoms with Gasteiger partial charge in [0.15, 0.2) is 17.1 Å². The molecule has 0 saturated carbocycles. The molecule has 1 amide bonds. The minimum atomic E-state index is -4.78.